The van der Waals surface area contributed by atoms with E-state index in [9.17, 15) is 4.39 Å². The number of fused-ring (bicyclic) bond motifs is 1. The molecule has 4 heteroatoms. The molecule has 1 aliphatic heterocycles. The van der Waals surface area contributed by atoms with Gasteiger partial charge < -0.3 is 0 Å². The van der Waals surface area contributed by atoms with Crippen molar-refractivity contribution in [2.75, 3.05) is 0 Å². The fourth-order valence-corrected chi connectivity index (χ4v) is 2.35. The van der Waals surface area contributed by atoms with Crippen molar-refractivity contribution >= 4 is 5.57 Å². The molecular weight excluding hydrogens is 205 g/mol. The van der Waals surface area contributed by atoms with Crippen LogP contribution in [-0.4, -0.2) is 14.8 Å². The number of alkyl halides is 1. The molecule has 0 aromatic carbocycles. The van der Waals surface area contributed by atoms with E-state index < -0.39 is 6.17 Å². The Morgan fingerprint density at radius 2 is 2.31 bits per heavy atom. The Kier molecular flexibility index (Phi) is 2.13. The summed E-state index contributed by atoms with van der Waals surface area (Å²) in [4.78, 5) is 4.31. The van der Waals surface area contributed by atoms with E-state index in [1.165, 1.54) is 12.8 Å². The Hall–Kier alpha value is -1.19. The molecule has 1 saturated carbocycles. The summed E-state index contributed by atoms with van der Waals surface area (Å²) >= 11 is 0. The van der Waals surface area contributed by atoms with Crippen LogP contribution in [0.15, 0.2) is 6.58 Å². The van der Waals surface area contributed by atoms with Gasteiger partial charge in [0.25, 0.3) is 0 Å². The van der Waals surface area contributed by atoms with Crippen LogP contribution in [0, 0.1) is 5.92 Å². The molecule has 1 fully saturated rings. The van der Waals surface area contributed by atoms with E-state index >= 15 is 0 Å². The summed E-state index contributed by atoms with van der Waals surface area (Å²) in [5.74, 6) is 1.71. The summed E-state index contributed by atoms with van der Waals surface area (Å²) in [7, 11) is 0. The molecule has 0 spiro atoms. The van der Waals surface area contributed by atoms with Crippen molar-refractivity contribution in [2.24, 2.45) is 5.92 Å². The van der Waals surface area contributed by atoms with Crippen LogP contribution in [-0.2, 0) is 0 Å². The summed E-state index contributed by atoms with van der Waals surface area (Å²) < 4.78 is 15.5. The number of aromatic nitrogens is 3. The van der Waals surface area contributed by atoms with Crippen LogP contribution in [0.25, 0.3) is 5.57 Å². The van der Waals surface area contributed by atoms with Gasteiger partial charge in [-0.05, 0) is 30.8 Å². The van der Waals surface area contributed by atoms with Gasteiger partial charge in [-0.1, -0.05) is 13.5 Å². The van der Waals surface area contributed by atoms with Gasteiger partial charge in [0.2, 0.25) is 0 Å². The maximum Gasteiger partial charge on any atom is 0.177 e. The second-order valence-corrected chi connectivity index (χ2v) is 4.80. The Balaban J connectivity index is 1.93. The van der Waals surface area contributed by atoms with Gasteiger partial charge in [0.1, 0.15) is 0 Å². The topological polar surface area (TPSA) is 30.7 Å². The third kappa shape index (κ3) is 1.39. The van der Waals surface area contributed by atoms with Crippen molar-refractivity contribution < 1.29 is 4.39 Å². The van der Waals surface area contributed by atoms with Crippen LogP contribution in [0.2, 0.25) is 0 Å². The number of nitrogens with zero attached hydrogens (tertiary/aromatic N) is 3. The van der Waals surface area contributed by atoms with Crippen LogP contribution in [0.3, 0.4) is 0 Å². The van der Waals surface area contributed by atoms with E-state index in [4.69, 9.17) is 0 Å². The SMILES string of the molecule is C=C(c1nc2n(n1)C(CC)CC2F)C1CC1. The molecule has 0 bridgehead atoms. The fraction of sp³-hybridized carbons (Fsp3) is 0.667. The lowest BCUT2D eigenvalue weighted by Crippen LogP contribution is -2.04. The molecule has 2 atom stereocenters. The Labute approximate surface area is 94.4 Å². The van der Waals surface area contributed by atoms with Crippen molar-refractivity contribution in [3.05, 3.63) is 18.2 Å². The molecule has 86 valence electrons. The number of hydrogen-bond acceptors (Lipinski definition) is 2. The molecule has 3 rings (SSSR count). The molecule has 1 aliphatic carbocycles. The molecular formula is C12H16FN3. The number of allylic oxidation sites excluding steroid dienone is 1. The summed E-state index contributed by atoms with van der Waals surface area (Å²) in [5.41, 5.74) is 0.990. The van der Waals surface area contributed by atoms with Crippen LogP contribution in [0.1, 0.15) is 56.5 Å². The minimum atomic E-state index is -0.946. The minimum Gasteiger partial charge on any atom is -0.244 e. The van der Waals surface area contributed by atoms with Crippen molar-refractivity contribution in [1.29, 1.82) is 0 Å². The summed E-state index contributed by atoms with van der Waals surface area (Å²) in [6.45, 7) is 6.07. The predicted molar refractivity (Wildman–Crippen MR) is 59.6 cm³/mol. The maximum atomic E-state index is 13.7. The lowest BCUT2D eigenvalue weighted by Gasteiger charge is -2.06. The Morgan fingerprint density at radius 3 is 2.94 bits per heavy atom. The first kappa shape index (κ1) is 10.00. The van der Waals surface area contributed by atoms with Gasteiger partial charge in [-0.15, -0.1) is 0 Å². The van der Waals surface area contributed by atoms with Gasteiger partial charge in [0, 0.05) is 6.42 Å². The quantitative estimate of drug-likeness (QED) is 0.785. The zero-order chi connectivity index (χ0) is 11.3. The monoisotopic (exact) mass is 221 g/mol. The van der Waals surface area contributed by atoms with Gasteiger partial charge >= 0.3 is 0 Å². The van der Waals surface area contributed by atoms with E-state index in [1.807, 2.05) is 0 Å². The molecule has 1 aromatic heterocycles. The average Bonchev–Trinajstić information content (AvgIpc) is 2.96. The maximum absolute atomic E-state index is 13.7. The lowest BCUT2D eigenvalue weighted by atomic mass is 10.1. The largest absolute Gasteiger partial charge is 0.244 e. The van der Waals surface area contributed by atoms with Gasteiger partial charge in [-0.2, -0.15) is 5.10 Å². The first-order chi connectivity index (χ1) is 7.70. The molecule has 2 unspecified atom stereocenters. The summed E-state index contributed by atoms with van der Waals surface area (Å²) in [6.07, 6.45) is 2.85. The third-order valence-corrected chi connectivity index (χ3v) is 3.59. The van der Waals surface area contributed by atoms with Crippen LogP contribution >= 0.6 is 0 Å². The summed E-state index contributed by atoms with van der Waals surface area (Å²) in [6, 6.07) is 0.179. The highest BCUT2D eigenvalue weighted by Gasteiger charge is 2.35. The lowest BCUT2D eigenvalue weighted by molar-refractivity contribution is 0.316. The standard InChI is InChI=1S/C12H16FN3/c1-3-9-6-10(13)12-14-11(15-16(9)12)7(2)8-4-5-8/h8-10H,2-6H2,1H3. The van der Waals surface area contributed by atoms with Gasteiger partial charge in [0.05, 0.1) is 6.04 Å². The second kappa shape index (κ2) is 3.40. The number of halogens is 1. The van der Waals surface area contributed by atoms with Crippen molar-refractivity contribution in [2.45, 2.75) is 44.8 Å². The summed E-state index contributed by atoms with van der Waals surface area (Å²) in [5, 5.41) is 4.42. The normalized spacial score (nSPS) is 28.1. The molecule has 0 radical (unpaired) electrons. The molecule has 3 nitrogen and oxygen atoms in total. The van der Waals surface area contributed by atoms with Crippen LogP contribution in [0.5, 0.6) is 0 Å². The van der Waals surface area contributed by atoms with E-state index in [0.29, 0.717) is 24.0 Å². The number of rotatable bonds is 3. The average molecular weight is 221 g/mol. The second-order valence-electron chi connectivity index (χ2n) is 4.80. The third-order valence-electron chi connectivity index (χ3n) is 3.59. The van der Waals surface area contributed by atoms with Crippen LogP contribution in [0.4, 0.5) is 4.39 Å². The highest BCUT2D eigenvalue weighted by molar-refractivity contribution is 5.61. The minimum absolute atomic E-state index is 0.179. The first-order valence-electron chi connectivity index (χ1n) is 6.00. The van der Waals surface area contributed by atoms with Gasteiger partial charge in [0.15, 0.2) is 17.8 Å². The molecule has 2 heterocycles. The van der Waals surface area contributed by atoms with Gasteiger partial charge in [-0.25, -0.2) is 14.1 Å². The van der Waals surface area contributed by atoms with Crippen LogP contribution < -0.4 is 0 Å². The van der Waals surface area contributed by atoms with E-state index in [2.05, 4.69) is 23.6 Å². The molecule has 16 heavy (non-hydrogen) atoms. The Morgan fingerprint density at radius 1 is 1.56 bits per heavy atom. The molecule has 1 aromatic rings. The number of hydrogen-bond donors (Lipinski definition) is 0. The highest BCUT2D eigenvalue weighted by Crippen LogP contribution is 2.42. The molecule has 0 amide bonds. The van der Waals surface area contributed by atoms with Crippen molar-refractivity contribution in [3.63, 3.8) is 0 Å². The van der Waals surface area contributed by atoms with Crippen molar-refractivity contribution in [3.8, 4) is 0 Å². The molecule has 0 N–H and O–H groups in total. The molecule has 0 saturated heterocycles. The van der Waals surface area contributed by atoms with E-state index in [1.54, 1.807) is 4.68 Å². The van der Waals surface area contributed by atoms with Gasteiger partial charge in [-0.3, -0.25) is 0 Å². The zero-order valence-electron chi connectivity index (χ0n) is 9.49. The fourth-order valence-electron chi connectivity index (χ4n) is 2.35. The van der Waals surface area contributed by atoms with E-state index in [0.717, 1.165) is 12.0 Å². The Bertz CT molecular complexity index is 433. The smallest absolute Gasteiger partial charge is 0.177 e. The zero-order valence-corrected chi connectivity index (χ0v) is 9.49. The highest BCUT2D eigenvalue weighted by atomic mass is 19.1. The van der Waals surface area contributed by atoms with Crippen molar-refractivity contribution in [1.82, 2.24) is 14.8 Å². The predicted octanol–water partition coefficient (Wildman–Crippen LogP) is 3.07. The van der Waals surface area contributed by atoms with E-state index in [-0.39, 0.29) is 6.04 Å². The molecule has 2 aliphatic rings. The first-order valence-corrected chi connectivity index (χ1v) is 6.00.